The molecule has 1 N–H and O–H groups in total. The molecule has 3 aromatic rings. The number of rotatable bonds is 3. The van der Waals surface area contributed by atoms with Crippen molar-refractivity contribution in [2.24, 2.45) is 0 Å². The third kappa shape index (κ3) is 3.51. The van der Waals surface area contributed by atoms with Crippen molar-refractivity contribution >= 4 is 0 Å². The fourth-order valence-electron chi connectivity index (χ4n) is 2.28. The van der Waals surface area contributed by atoms with Gasteiger partial charge < -0.3 is 9.84 Å². The highest BCUT2D eigenvalue weighted by Gasteiger charge is 2.31. The van der Waals surface area contributed by atoms with Gasteiger partial charge in [-0.15, -0.1) is 0 Å². The molecule has 0 unspecified atom stereocenters. The van der Waals surface area contributed by atoms with Crippen molar-refractivity contribution in [3.63, 3.8) is 0 Å². The number of phenolic OH excluding ortho intramolecular Hbond substituents is 1. The van der Waals surface area contributed by atoms with Crippen molar-refractivity contribution in [1.82, 2.24) is 0 Å². The summed E-state index contributed by atoms with van der Waals surface area (Å²) in [6, 6.07) is 18.9. The molecule has 2 nitrogen and oxygen atoms in total. The van der Waals surface area contributed by atoms with E-state index in [9.17, 15) is 18.3 Å². The van der Waals surface area contributed by atoms with Gasteiger partial charge in [0.25, 0.3) is 0 Å². The molecule has 0 aliphatic rings. The Bertz CT molecular complexity index is 825. The molecule has 0 radical (unpaired) electrons. The van der Waals surface area contributed by atoms with Gasteiger partial charge in [-0.05, 0) is 42.0 Å². The molecule has 3 aromatic carbocycles. The molecule has 0 aromatic heterocycles. The molecule has 0 atom stereocenters. The van der Waals surface area contributed by atoms with Gasteiger partial charge in [0, 0.05) is 5.56 Å². The van der Waals surface area contributed by atoms with Crippen LogP contribution in [-0.4, -0.2) is 5.11 Å². The second-order valence-corrected chi connectivity index (χ2v) is 5.17. The van der Waals surface area contributed by atoms with E-state index in [4.69, 9.17) is 4.74 Å². The van der Waals surface area contributed by atoms with Gasteiger partial charge in [-0.3, -0.25) is 0 Å². The summed E-state index contributed by atoms with van der Waals surface area (Å²) in [7, 11) is 0. The molecule has 0 saturated carbocycles. The van der Waals surface area contributed by atoms with Crippen molar-refractivity contribution in [1.29, 1.82) is 0 Å². The second kappa shape index (κ2) is 6.28. The van der Waals surface area contributed by atoms with Crippen LogP contribution in [0.5, 0.6) is 17.2 Å². The Balaban J connectivity index is 1.83. The van der Waals surface area contributed by atoms with Crippen molar-refractivity contribution in [3.8, 4) is 28.4 Å². The predicted molar refractivity (Wildman–Crippen MR) is 85.1 cm³/mol. The van der Waals surface area contributed by atoms with Crippen LogP contribution in [0.2, 0.25) is 0 Å². The van der Waals surface area contributed by atoms with E-state index in [0.717, 1.165) is 12.1 Å². The van der Waals surface area contributed by atoms with Crippen molar-refractivity contribution in [2.45, 2.75) is 6.18 Å². The summed E-state index contributed by atoms with van der Waals surface area (Å²) in [6.45, 7) is 0. The monoisotopic (exact) mass is 330 g/mol. The Labute approximate surface area is 136 Å². The van der Waals surface area contributed by atoms with E-state index >= 15 is 0 Å². The quantitative estimate of drug-likeness (QED) is 0.651. The number of aromatic hydroxyl groups is 1. The lowest BCUT2D eigenvalue weighted by atomic mass is 10.0. The summed E-state index contributed by atoms with van der Waals surface area (Å²) in [5.41, 5.74) is 0.0451. The van der Waals surface area contributed by atoms with Crippen molar-refractivity contribution in [3.05, 3.63) is 78.4 Å². The van der Waals surface area contributed by atoms with E-state index in [2.05, 4.69) is 0 Å². The maximum Gasteiger partial charge on any atom is 0.416 e. The summed E-state index contributed by atoms with van der Waals surface area (Å²) in [5.74, 6) is 0.862. The first kappa shape index (κ1) is 15.9. The zero-order valence-electron chi connectivity index (χ0n) is 12.4. The molecule has 0 aliphatic heterocycles. The van der Waals surface area contributed by atoms with Gasteiger partial charge >= 0.3 is 6.18 Å². The lowest BCUT2D eigenvalue weighted by Gasteiger charge is -2.11. The minimum atomic E-state index is -4.48. The summed E-state index contributed by atoms with van der Waals surface area (Å²) < 4.78 is 43.6. The smallest absolute Gasteiger partial charge is 0.416 e. The SMILES string of the molecule is Oc1cc(C(F)(F)F)ccc1-c1ccc(Oc2ccccc2)cc1. The highest BCUT2D eigenvalue weighted by atomic mass is 19.4. The fourth-order valence-corrected chi connectivity index (χ4v) is 2.28. The van der Waals surface area contributed by atoms with E-state index in [1.807, 2.05) is 30.3 Å². The zero-order valence-corrected chi connectivity index (χ0v) is 12.4. The maximum absolute atomic E-state index is 12.6. The van der Waals surface area contributed by atoms with E-state index in [1.54, 1.807) is 24.3 Å². The number of hydrogen-bond acceptors (Lipinski definition) is 2. The summed E-state index contributed by atoms with van der Waals surface area (Å²) in [5, 5.41) is 9.88. The van der Waals surface area contributed by atoms with Gasteiger partial charge in [-0.25, -0.2) is 0 Å². The van der Waals surface area contributed by atoms with Gasteiger partial charge in [-0.1, -0.05) is 36.4 Å². The van der Waals surface area contributed by atoms with E-state index in [1.165, 1.54) is 6.07 Å². The summed E-state index contributed by atoms with van der Waals surface area (Å²) in [4.78, 5) is 0. The fraction of sp³-hybridized carbons (Fsp3) is 0.0526. The lowest BCUT2D eigenvalue weighted by Crippen LogP contribution is -2.04. The third-order valence-corrected chi connectivity index (χ3v) is 3.47. The topological polar surface area (TPSA) is 29.5 Å². The number of hydrogen-bond donors (Lipinski definition) is 1. The minimum absolute atomic E-state index is 0.328. The number of alkyl halides is 3. The Morgan fingerprint density at radius 3 is 1.96 bits per heavy atom. The average molecular weight is 330 g/mol. The Morgan fingerprint density at radius 2 is 1.38 bits per heavy atom. The van der Waals surface area contributed by atoms with Crippen LogP contribution in [0.25, 0.3) is 11.1 Å². The van der Waals surface area contributed by atoms with Crippen LogP contribution in [0.1, 0.15) is 5.56 Å². The molecule has 0 fully saturated rings. The van der Waals surface area contributed by atoms with E-state index in [0.29, 0.717) is 22.6 Å². The molecular weight excluding hydrogens is 317 g/mol. The average Bonchev–Trinajstić information content (AvgIpc) is 2.56. The first-order valence-electron chi connectivity index (χ1n) is 7.17. The molecular formula is C19H13F3O2. The van der Waals surface area contributed by atoms with Gasteiger partial charge in [0.05, 0.1) is 5.56 Å². The van der Waals surface area contributed by atoms with Crippen LogP contribution in [0.4, 0.5) is 13.2 Å². The Morgan fingerprint density at radius 1 is 0.750 bits per heavy atom. The molecule has 0 spiro atoms. The maximum atomic E-state index is 12.6. The molecule has 0 amide bonds. The number of ether oxygens (including phenoxy) is 1. The molecule has 0 aliphatic carbocycles. The molecule has 122 valence electrons. The molecule has 3 rings (SSSR count). The largest absolute Gasteiger partial charge is 0.507 e. The highest BCUT2D eigenvalue weighted by molar-refractivity contribution is 5.71. The van der Waals surface area contributed by atoms with Crippen LogP contribution < -0.4 is 4.74 Å². The Hall–Kier alpha value is -2.95. The first-order valence-corrected chi connectivity index (χ1v) is 7.17. The minimum Gasteiger partial charge on any atom is -0.507 e. The van der Waals surface area contributed by atoms with E-state index < -0.39 is 17.5 Å². The van der Waals surface area contributed by atoms with Crippen LogP contribution in [0.15, 0.2) is 72.8 Å². The second-order valence-electron chi connectivity index (χ2n) is 5.17. The van der Waals surface area contributed by atoms with Crippen molar-refractivity contribution in [2.75, 3.05) is 0 Å². The molecule has 5 heteroatoms. The highest BCUT2D eigenvalue weighted by Crippen LogP contribution is 2.37. The lowest BCUT2D eigenvalue weighted by molar-refractivity contribution is -0.137. The van der Waals surface area contributed by atoms with Gasteiger partial charge in [0.1, 0.15) is 17.2 Å². The number of phenols is 1. The number of benzene rings is 3. The Kier molecular flexibility index (Phi) is 4.16. The zero-order chi connectivity index (χ0) is 17.2. The van der Waals surface area contributed by atoms with Gasteiger partial charge in [0.2, 0.25) is 0 Å². The molecule has 0 saturated heterocycles. The number of para-hydroxylation sites is 1. The van der Waals surface area contributed by atoms with Gasteiger partial charge in [0.15, 0.2) is 0 Å². The third-order valence-electron chi connectivity index (χ3n) is 3.47. The van der Waals surface area contributed by atoms with Crippen LogP contribution >= 0.6 is 0 Å². The van der Waals surface area contributed by atoms with E-state index in [-0.39, 0.29) is 0 Å². The summed E-state index contributed by atoms with van der Waals surface area (Å²) >= 11 is 0. The number of halogens is 3. The predicted octanol–water partition coefficient (Wildman–Crippen LogP) is 5.87. The van der Waals surface area contributed by atoms with Gasteiger partial charge in [-0.2, -0.15) is 13.2 Å². The molecule has 0 bridgehead atoms. The molecule has 0 heterocycles. The van der Waals surface area contributed by atoms with Crippen LogP contribution in [0, 0.1) is 0 Å². The van der Waals surface area contributed by atoms with Crippen LogP contribution in [0.3, 0.4) is 0 Å². The normalized spacial score (nSPS) is 11.3. The van der Waals surface area contributed by atoms with Crippen molar-refractivity contribution < 1.29 is 23.0 Å². The van der Waals surface area contributed by atoms with Crippen LogP contribution in [-0.2, 0) is 6.18 Å². The standard InChI is InChI=1S/C19H13F3O2/c20-19(21,22)14-8-11-17(18(23)12-14)13-6-9-16(10-7-13)24-15-4-2-1-3-5-15/h1-12,23H. The summed E-state index contributed by atoms with van der Waals surface area (Å²) in [6.07, 6.45) is -4.48. The first-order chi connectivity index (χ1) is 11.4. The molecule has 24 heavy (non-hydrogen) atoms.